The number of terminal acetylenes is 1. The third kappa shape index (κ3) is 5.59. The van der Waals surface area contributed by atoms with Crippen LogP contribution in [-0.2, 0) is 25.6 Å². The number of carbonyl (C=O) groups excluding carboxylic acids is 2. The van der Waals surface area contributed by atoms with Crippen LogP contribution in [0, 0.1) is 40.9 Å². The van der Waals surface area contributed by atoms with Gasteiger partial charge in [0.15, 0.2) is 6.61 Å². The van der Waals surface area contributed by atoms with E-state index in [1.165, 1.54) is 5.57 Å². The van der Waals surface area contributed by atoms with Gasteiger partial charge in [0.2, 0.25) is 5.91 Å². The van der Waals surface area contributed by atoms with Crippen molar-refractivity contribution in [2.45, 2.75) is 83.3 Å². The number of nitrogens with zero attached hydrogens (tertiary/aromatic N) is 1. The summed E-state index contributed by atoms with van der Waals surface area (Å²) in [7, 11) is 0. The lowest BCUT2D eigenvalue weighted by atomic mass is 9.46. The minimum Gasteiger partial charge on any atom is -0.480 e. The Morgan fingerprint density at radius 1 is 1.11 bits per heavy atom. The molecule has 0 saturated heterocycles. The van der Waals surface area contributed by atoms with Gasteiger partial charge >= 0.3 is 5.97 Å². The molecule has 7 atom stereocenters. The van der Waals surface area contributed by atoms with Gasteiger partial charge in [-0.15, -0.1) is 6.42 Å². The van der Waals surface area contributed by atoms with Gasteiger partial charge in [0.25, 0.3) is 5.91 Å². The highest BCUT2D eigenvalue weighted by molar-refractivity contribution is 5.96. The normalized spacial score (nSPS) is 33.1. The summed E-state index contributed by atoms with van der Waals surface area (Å²) < 4.78 is 0. The summed E-state index contributed by atoms with van der Waals surface area (Å²) in [5.74, 6) is 2.01. The van der Waals surface area contributed by atoms with Gasteiger partial charge in [-0.1, -0.05) is 48.7 Å². The Morgan fingerprint density at radius 3 is 2.67 bits per heavy atom. The molecule has 244 valence electrons. The van der Waals surface area contributed by atoms with Crippen LogP contribution in [-0.4, -0.2) is 63.5 Å². The van der Waals surface area contributed by atoms with E-state index < -0.39 is 29.4 Å². The zero-order chi connectivity index (χ0) is 32.7. The number of rotatable bonds is 9. The first-order valence-electron chi connectivity index (χ1n) is 16.4. The Hall–Kier alpha value is -4.10. The van der Waals surface area contributed by atoms with Crippen LogP contribution in [0.5, 0.6) is 0 Å². The molecule has 2 aromatic rings. The Balaban J connectivity index is 0.987. The van der Waals surface area contributed by atoms with Crippen molar-refractivity contribution in [2.75, 3.05) is 13.2 Å². The number of amides is 2. The molecular weight excluding hydrogens is 584 g/mol. The maximum atomic E-state index is 12.5. The molecule has 3 fully saturated rings. The molecule has 0 radical (unpaired) electrons. The van der Waals surface area contributed by atoms with Gasteiger partial charge in [-0.3, -0.25) is 9.59 Å². The van der Waals surface area contributed by atoms with Crippen molar-refractivity contribution in [3.63, 3.8) is 0 Å². The number of carboxylic acids is 1. The lowest BCUT2D eigenvalue weighted by Crippen LogP contribution is -2.54. The van der Waals surface area contributed by atoms with Crippen LogP contribution in [0.3, 0.4) is 0 Å². The molecule has 4 aliphatic rings. The van der Waals surface area contributed by atoms with Crippen molar-refractivity contribution in [2.24, 2.45) is 33.7 Å². The Kier molecular flexibility index (Phi) is 8.49. The van der Waals surface area contributed by atoms with E-state index in [4.69, 9.17) is 11.3 Å². The number of allylic oxidation sites excluding steroid dienone is 2. The van der Waals surface area contributed by atoms with Crippen LogP contribution in [0.25, 0.3) is 10.9 Å². The van der Waals surface area contributed by atoms with E-state index in [0.29, 0.717) is 24.2 Å². The molecule has 46 heavy (non-hydrogen) atoms. The highest BCUT2D eigenvalue weighted by Crippen LogP contribution is 2.67. The van der Waals surface area contributed by atoms with Gasteiger partial charge in [-0.05, 0) is 92.2 Å². The van der Waals surface area contributed by atoms with Gasteiger partial charge in [0.1, 0.15) is 11.6 Å². The van der Waals surface area contributed by atoms with Gasteiger partial charge in [-0.2, -0.15) is 0 Å². The summed E-state index contributed by atoms with van der Waals surface area (Å²) in [6.45, 7) is 3.86. The topological polar surface area (TPSA) is 153 Å². The number of carboxylic acid groups (broad SMARTS) is 1. The fourth-order valence-corrected chi connectivity index (χ4v) is 9.27. The monoisotopic (exact) mass is 628 g/mol. The number of benzene rings is 1. The van der Waals surface area contributed by atoms with Crippen molar-refractivity contribution in [3.05, 3.63) is 47.7 Å². The molecule has 1 aromatic heterocycles. The van der Waals surface area contributed by atoms with Crippen molar-refractivity contribution in [3.8, 4) is 12.3 Å². The molecule has 1 aromatic carbocycles. The number of hydrogen-bond donors (Lipinski definition) is 5. The number of aromatic nitrogens is 1. The number of aromatic amines is 1. The molecule has 0 bridgehead atoms. The van der Waals surface area contributed by atoms with Crippen LogP contribution < -0.4 is 10.6 Å². The van der Waals surface area contributed by atoms with Crippen molar-refractivity contribution in [1.29, 1.82) is 0 Å². The second-order valence-electron chi connectivity index (χ2n) is 14.2. The Bertz CT molecular complexity index is 1640. The number of fused-ring (bicyclic) bond motifs is 6. The van der Waals surface area contributed by atoms with E-state index in [1.54, 1.807) is 6.20 Å². The predicted molar refractivity (Wildman–Crippen MR) is 173 cm³/mol. The molecule has 4 aliphatic carbocycles. The molecule has 10 heteroatoms. The first-order valence-corrected chi connectivity index (χ1v) is 16.4. The molecule has 0 aliphatic heterocycles. The van der Waals surface area contributed by atoms with Crippen molar-refractivity contribution in [1.82, 2.24) is 15.6 Å². The van der Waals surface area contributed by atoms with Crippen molar-refractivity contribution >= 4 is 34.4 Å². The third-order valence-corrected chi connectivity index (χ3v) is 11.9. The van der Waals surface area contributed by atoms with Gasteiger partial charge < -0.3 is 30.7 Å². The van der Waals surface area contributed by atoms with Crippen LogP contribution in [0.4, 0.5) is 0 Å². The summed E-state index contributed by atoms with van der Waals surface area (Å²) in [5.41, 5.74) is 2.72. The third-order valence-electron chi connectivity index (χ3n) is 11.9. The second kappa shape index (κ2) is 12.3. The van der Waals surface area contributed by atoms with E-state index in [2.05, 4.69) is 46.6 Å². The van der Waals surface area contributed by atoms with E-state index in [1.807, 2.05) is 24.3 Å². The summed E-state index contributed by atoms with van der Waals surface area (Å²) in [6, 6.07) is 6.39. The summed E-state index contributed by atoms with van der Waals surface area (Å²) in [4.78, 5) is 45.2. The van der Waals surface area contributed by atoms with Crippen molar-refractivity contribution < 1.29 is 29.4 Å². The molecule has 6 rings (SSSR count). The van der Waals surface area contributed by atoms with Crippen LogP contribution >= 0.6 is 0 Å². The molecule has 5 N–H and O–H groups in total. The zero-order valence-electron chi connectivity index (χ0n) is 26.6. The quantitative estimate of drug-likeness (QED) is 0.208. The number of para-hydroxylation sites is 1. The van der Waals surface area contributed by atoms with Gasteiger partial charge in [0.05, 0.1) is 12.3 Å². The number of carbonyl (C=O) groups is 3. The summed E-state index contributed by atoms with van der Waals surface area (Å²) >= 11 is 0. The average molecular weight is 629 g/mol. The fraction of sp³-hybridized carbons (Fsp3) is 0.556. The maximum absolute atomic E-state index is 12.5. The fourth-order valence-electron chi connectivity index (χ4n) is 9.27. The van der Waals surface area contributed by atoms with Gasteiger partial charge in [-0.25, -0.2) is 4.79 Å². The first kappa shape index (κ1) is 31.9. The highest BCUT2D eigenvalue weighted by atomic mass is 16.6. The lowest BCUT2D eigenvalue weighted by Gasteiger charge is -2.58. The van der Waals surface area contributed by atoms with E-state index in [9.17, 15) is 24.6 Å². The van der Waals surface area contributed by atoms with Crippen LogP contribution in [0.15, 0.2) is 47.3 Å². The number of aliphatic carboxylic acids is 1. The molecule has 2 amide bonds. The van der Waals surface area contributed by atoms with E-state index >= 15 is 0 Å². The largest absolute Gasteiger partial charge is 0.480 e. The van der Waals surface area contributed by atoms with E-state index in [0.717, 1.165) is 67.1 Å². The standard InChI is InChI=1S/C36H44N4O6/c1-4-36(45)16-13-28-26-10-9-23-18-24(11-14-34(23,2)27(26)12-15-35(28,36)3)40-46-21-32(42)38-20-31(41)39-30(33(43)44)17-22-19-37-29-8-6-5-7-25(22)29/h1,5-8,18-19,26-28,30,37,45H,9-17,20-21H2,2-3H3,(H,38,42)(H,39,41)(H,43,44)/b40-24+/t26-,27-,28-,30-,34+,35+,36-/m1/s1. The SMILES string of the molecule is C#C[C@@]1(O)CC[C@@H]2[C@@H]3CCC4=C/C(=N/OCC(=O)NCC(=O)N[C@H](Cc5c[nH]c6ccccc56)C(=O)O)CC[C@]4(C)[C@@H]3CC[C@@]21C. The average Bonchev–Trinajstić information content (AvgIpc) is 3.57. The zero-order valence-corrected chi connectivity index (χ0v) is 26.6. The maximum Gasteiger partial charge on any atom is 0.326 e. The van der Waals surface area contributed by atoms with Crippen LogP contribution in [0.1, 0.15) is 70.8 Å². The highest BCUT2D eigenvalue weighted by Gasteiger charge is 2.63. The minimum absolute atomic E-state index is 0.0763. The first-order chi connectivity index (χ1) is 22.0. The number of hydrogen-bond acceptors (Lipinski definition) is 6. The Morgan fingerprint density at radius 2 is 1.89 bits per heavy atom. The summed E-state index contributed by atoms with van der Waals surface area (Å²) in [5, 5.41) is 31.0. The molecule has 0 spiro atoms. The minimum atomic E-state index is -1.16. The molecule has 1 heterocycles. The lowest BCUT2D eigenvalue weighted by molar-refractivity contribution is -0.141. The van der Waals surface area contributed by atoms with Crippen LogP contribution in [0.2, 0.25) is 0 Å². The number of oxime groups is 1. The second-order valence-corrected chi connectivity index (χ2v) is 14.2. The number of nitrogens with one attached hydrogen (secondary N) is 3. The molecule has 0 unspecified atom stereocenters. The molecule has 10 nitrogen and oxygen atoms in total. The Labute approximate surface area is 269 Å². The van der Waals surface area contributed by atoms with E-state index in [-0.39, 0.29) is 30.4 Å². The predicted octanol–water partition coefficient (Wildman–Crippen LogP) is 4.10. The van der Waals surface area contributed by atoms with Gasteiger partial charge in [0, 0.05) is 28.9 Å². The molecule has 3 saturated carbocycles. The number of H-pyrrole nitrogens is 1. The summed E-state index contributed by atoms with van der Waals surface area (Å²) in [6.07, 6.45) is 17.3. The molecular formula is C36H44N4O6. The number of aliphatic hydroxyl groups is 1. The smallest absolute Gasteiger partial charge is 0.326 e.